The summed E-state index contributed by atoms with van der Waals surface area (Å²) in [5.74, 6) is -3.13. The van der Waals surface area contributed by atoms with Crippen LogP contribution in [0.1, 0.15) is 32.8 Å². The number of piperidine rings is 1. The highest BCUT2D eigenvalue weighted by atomic mass is 19.3. The molecule has 2 rings (SSSR count). The summed E-state index contributed by atoms with van der Waals surface area (Å²) in [5.41, 5.74) is -0.00544. The van der Waals surface area contributed by atoms with Gasteiger partial charge in [-0.1, -0.05) is 30.3 Å². The first kappa shape index (κ1) is 19.9. The molecule has 0 unspecified atom stereocenters. The number of alkyl carbamates (subject to hydrolysis) is 1. The number of carbonyl (C=O) groups excluding carboxylic acids is 2. The highest BCUT2D eigenvalue weighted by Crippen LogP contribution is 2.29. The van der Waals surface area contributed by atoms with Crippen molar-refractivity contribution in [3.8, 4) is 0 Å². The van der Waals surface area contributed by atoms with Gasteiger partial charge in [0.25, 0.3) is 5.92 Å². The number of hydrogen-bond donors (Lipinski definition) is 1. The average molecular weight is 370 g/mol. The number of amides is 2. The van der Waals surface area contributed by atoms with E-state index in [1.165, 1.54) is 4.90 Å². The second kappa shape index (κ2) is 7.88. The van der Waals surface area contributed by atoms with E-state index in [0.717, 1.165) is 5.56 Å². The Labute approximate surface area is 151 Å². The lowest BCUT2D eigenvalue weighted by Crippen LogP contribution is -2.60. The number of benzene rings is 1. The SMILES string of the molecule is CC(C)(C)OC(=O)N[C@@H]1CN(C(=O)OCc2ccccc2)CCC1(F)F. The zero-order valence-electron chi connectivity index (χ0n) is 15.1. The number of rotatable bonds is 3. The predicted molar refractivity (Wildman–Crippen MR) is 90.9 cm³/mol. The Morgan fingerprint density at radius 3 is 2.54 bits per heavy atom. The van der Waals surface area contributed by atoms with E-state index in [9.17, 15) is 18.4 Å². The van der Waals surface area contributed by atoms with Crippen LogP contribution in [0.25, 0.3) is 0 Å². The van der Waals surface area contributed by atoms with Crippen LogP contribution in [-0.4, -0.2) is 47.7 Å². The predicted octanol–water partition coefficient (Wildman–Crippen LogP) is 3.56. The van der Waals surface area contributed by atoms with Gasteiger partial charge >= 0.3 is 12.2 Å². The minimum Gasteiger partial charge on any atom is -0.445 e. The first-order valence-corrected chi connectivity index (χ1v) is 8.40. The second-order valence-corrected chi connectivity index (χ2v) is 7.20. The third kappa shape index (κ3) is 5.86. The standard InChI is InChI=1S/C18H24F2N2O4/c1-17(2,3)26-15(23)21-14-11-22(10-9-18(14,19)20)16(24)25-12-13-7-5-4-6-8-13/h4-8,14H,9-12H2,1-3H3,(H,21,23)/t14-/m1/s1. The van der Waals surface area contributed by atoms with Gasteiger partial charge in [-0.25, -0.2) is 18.4 Å². The molecule has 26 heavy (non-hydrogen) atoms. The van der Waals surface area contributed by atoms with E-state index in [0.29, 0.717) is 0 Å². The van der Waals surface area contributed by atoms with Crippen molar-refractivity contribution in [1.82, 2.24) is 10.2 Å². The molecule has 6 nitrogen and oxygen atoms in total. The molecule has 1 aromatic carbocycles. The van der Waals surface area contributed by atoms with Crippen molar-refractivity contribution in [2.24, 2.45) is 0 Å². The van der Waals surface area contributed by atoms with Gasteiger partial charge in [-0.3, -0.25) is 0 Å². The zero-order chi connectivity index (χ0) is 19.4. The Hall–Kier alpha value is -2.38. The lowest BCUT2D eigenvalue weighted by atomic mass is 10.0. The Kier molecular flexibility index (Phi) is 6.05. The smallest absolute Gasteiger partial charge is 0.410 e. The lowest BCUT2D eigenvalue weighted by molar-refractivity contribution is -0.0816. The van der Waals surface area contributed by atoms with Gasteiger partial charge in [-0.2, -0.15) is 0 Å². The molecule has 0 aromatic heterocycles. The molecule has 1 N–H and O–H groups in total. The summed E-state index contributed by atoms with van der Waals surface area (Å²) in [5, 5.41) is 2.16. The maximum atomic E-state index is 14.1. The summed E-state index contributed by atoms with van der Waals surface area (Å²) < 4.78 is 38.4. The van der Waals surface area contributed by atoms with Crippen LogP contribution in [0, 0.1) is 0 Å². The lowest BCUT2D eigenvalue weighted by Gasteiger charge is -2.38. The maximum Gasteiger partial charge on any atom is 0.410 e. The summed E-state index contributed by atoms with van der Waals surface area (Å²) in [6, 6.07) is 7.52. The van der Waals surface area contributed by atoms with Crippen molar-refractivity contribution < 1.29 is 27.8 Å². The fourth-order valence-corrected chi connectivity index (χ4v) is 2.48. The normalized spacial score (nSPS) is 19.6. The van der Waals surface area contributed by atoms with E-state index in [1.807, 2.05) is 18.2 Å². The number of nitrogens with zero attached hydrogens (tertiary/aromatic N) is 1. The van der Waals surface area contributed by atoms with Crippen LogP contribution in [0.4, 0.5) is 18.4 Å². The number of likely N-dealkylation sites (tertiary alicyclic amines) is 1. The summed E-state index contributed by atoms with van der Waals surface area (Å²) in [6.45, 7) is 4.47. The molecule has 144 valence electrons. The summed E-state index contributed by atoms with van der Waals surface area (Å²) in [6.07, 6.45) is -2.20. The first-order valence-electron chi connectivity index (χ1n) is 8.40. The topological polar surface area (TPSA) is 67.9 Å². The van der Waals surface area contributed by atoms with E-state index in [-0.39, 0.29) is 19.7 Å². The zero-order valence-corrected chi connectivity index (χ0v) is 15.1. The van der Waals surface area contributed by atoms with E-state index in [2.05, 4.69) is 5.32 Å². The Balaban J connectivity index is 1.93. The van der Waals surface area contributed by atoms with Gasteiger partial charge in [-0.05, 0) is 26.3 Å². The summed E-state index contributed by atoms with van der Waals surface area (Å²) in [7, 11) is 0. The minimum absolute atomic E-state index is 0.0523. The molecule has 1 aliphatic rings. The molecule has 0 saturated carbocycles. The van der Waals surface area contributed by atoms with Crippen LogP contribution < -0.4 is 5.32 Å². The van der Waals surface area contributed by atoms with Crippen molar-refractivity contribution in [3.05, 3.63) is 35.9 Å². The molecule has 1 heterocycles. The molecular weight excluding hydrogens is 346 g/mol. The van der Waals surface area contributed by atoms with E-state index >= 15 is 0 Å². The highest BCUT2D eigenvalue weighted by molar-refractivity contribution is 5.70. The quantitative estimate of drug-likeness (QED) is 0.883. The Morgan fingerprint density at radius 2 is 1.92 bits per heavy atom. The third-order valence-electron chi connectivity index (χ3n) is 3.78. The highest BCUT2D eigenvalue weighted by Gasteiger charge is 2.46. The Morgan fingerprint density at radius 1 is 1.27 bits per heavy atom. The molecule has 1 aromatic rings. The van der Waals surface area contributed by atoms with Gasteiger partial charge in [0.05, 0.1) is 6.54 Å². The fourth-order valence-electron chi connectivity index (χ4n) is 2.48. The van der Waals surface area contributed by atoms with E-state index in [1.54, 1.807) is 32.9 Å². The van der Waals surface area contributed by atoms with Crippen molar-refractivity contribution in [2.45, 2.75) is 51.4 Å². The molecule has 0 radical (unpaired) electrons. The van der Waals surface area contributed by atoms with Gasteiger partial charge in [-0.15, -0.1) is 0 Å². The van der Waals surface area contributed by atoms with Crippen molar-refractivity contribution in [2.75, 3.05) is 13.1 Å². The van der Waals surface area contributed by atoms with Gasteiger partial charge in [0.1, 0.15) is 18.2 Å². The molecule has 1 saturated heterocycles. The molecule has 1 atom stereocenters. The van der Waals surface area contributed by atoms with Gasteiger partial charge < -0.3 is 19.7 Å². The van der Waals surface area contributed by atoms with Crippen LogP contribution >= 0.6 is 0 Å². The van der Waals surface area contributed by atoms with Crippen molar-refractivity contribution in [1.29, 1.82) is 0 Å². The van der Waals surface area contributed by atoms with E-state index < -0.39 is 36.2 Å². The summed E-state index contributed by atoms with van der Waals surface area (Å²) in [4.78, 5) is 25.1. The van der Waals surface area contributed by atoms with Crippen LogP contribution in [0.2, 0.25) is 0 Å². The average Bonchev–Trinajstić information content (AvgIpc) is 2.54. The molecule has 0 spiro atoms. The number of alkyl halides is 2. The van der Waals surface area contributed by atoms with Gasteiger partial charge in [0, 0.05) is 13.0 Å². The molecular formula is C18H24F2N2O4. The monoisotopic (exact) mass is 370 g/mol. The Bertz CT molecular complexity index is 632. The number of carbonyl (C=O) groups is 2. The molecule has 8 heteroatoms. The van der Waals surface area contributed by atoms with Crippen LogP contribution in [0.15, 0.2) is 30.3 Å². The molecule has 0 aliphatic carbocycles. The van der Waals surface area contributed by atoms with Gasteiger partial charge in [0.2, 0.25) is 0 Å². The maximum absolute atomic E-state index is 14.1. The van der Waals surface area contributed by atoms with E-state index in [4.69, 9.17) is 9.47 Å². The third-order valence-corrected chi connectivity index (χ3v) is 3.78. The van der Waals surface area contributed by atoms with Crippen molar-refractivity contribution in [3.63, 3.8) is 0 Å². The van der Waals surface area contributed by atoms with Gasteiger partial charge in [0.15, 0.2) is 0 Å². The van der Waals surface area contributed by atoms with Crippen molar-refractivity contribution >= 4 is 12.2 Å². The largest absolute Gasteiger partial charge is 0.445 e. The van der Waals surface area contributed by atoms with Crippen LogP contribution in [-0.2, 0) is 16.1 Å². The second-order valence-electron chi connectivity index (χ2n) is 7.20. The van der Waals surface area contributed by atoms with Crippen LogP contribution in [0.3, 0.4) is 0 Å². The number of nitrogens with one attached hydrogen (secondary N) is 1. The molecule has 1 fully saturated rings. The fraction of sp³-hybridized carbons (Fsp3) is 0.556. The molecule has 0 bridgehead atoms. The minimum atomic E-state index is -3.13. The number of ether oxygens (including phenoxy) is 2. The first-order chi connectivity index (χ1) is 12.1. The number of hydrogen-bond acceptors (Lipinski definition) is 4. The number of halogens is 2. The molecule has 1 aliphatic heterocycles. The summed E-state index contributed by atoms with van der Waals surface area (Å²) >= 11 is 0. The van der Waals surface area contributed by atoms with Crippen LogP contribution in [0.5, 0.6) is 0 Å². The molecule has 2 amide bonds.